The second-order valence-corrected chi connectivity index (χ2v) is 8.79. The first-order chi connectivity index (χ1) is 14.1. The van der Waals surface area contributed by atoms with E-state index >= 15 is 0 Å². The molecule has 5 rings (SSSR count). The van der Waals surface area contributed by atoms with E-state index in [2.05, 4.69) is 38.8 Å². The van der Waals surface area contributed by atoms with E-state index in [1.807, 2.05) is 0 Å². The number of anilines is 1. The van der Waals surface area contributed by atoms with Gasteiger partial charge >= 0.3 is 0 Å². The number of hydrogen-bond donors (Lipinski definition) is 2. The first-order valence-corrected chi connectivity index (χ1v) is 10.7. The van der Waals surface area contributed by atoms with Crippen LogP contribution < -0.4 is 10.5 Å². The molecule has 8 nitrogen and oxygen atoms in total. The number of fused-ring (bicyclic) bond motifs is 2. The predicted molar refractivity (Wildman–Crippen MR) is 110 cm³/mol. The molecule has 4 heterocycles. The van der Waals surface area contributed by atoms with Crippen molar-refractivity contribution in [3.63, 3.8) is 0 Å². The van der Waals surface area contributed by atoms with E-state index in [1.54, 1.807) is 0 Å². The van der Waals surface area contributed by atoms with Crippen molar-refractivity contribution in [2.45, 2.75) is 51.5 Å². The Morgan fingerprint density at radius 1 is 1.10 bits per heavy atom. The zero-order valence-electron chi connectivity index (χ0n) is 17.4. The number of hydrogen-bond acceptors (Lipinski definition) is 6. The quantitative estimate of drug-likeness (QED) is 0.813. The third-order valence-corrected chi connectivity index (χ3v) is 7.15. The van der Waals surface area contributed by atoms with E-state index in [0.29, 0.717) is 13.2 Å². The van der Waals surface area contributed by atoms with E-state index in [1.165, 1.54) is 5.56 Å². The number of morpholine rings is 1. The van der Waals surface area contributed by atoms with Crippen molar-refractivity contribution in [1.29, 1.82) is 0 Å². The standard InChI is InChI=1S/C21H30N6O2/c1-14-17(15(2)25-24-14)13-26-7-5-21(6-8-26)4-3-16-18(21)22-20(23-19(16)28)27-9-11-29-12-10-27/h3-13H2,1-2H3,(H,24,25)(H,22,23,28). The molecule has 2 aromatic rings. The molecule has 0 unspecified atom stereocenters. The molecule has 3 aliphatic rings. The van der Waals surface area contributed by atoms with E-state index in [9.17, 15) is 4.79 Å². The Balaban J connectivity index is 1.36. The van der Waals surface area contributed by atoms with Gasteiger partial charge < -0.3 is 9.64 Å². The molecule has 0 atom stereocenters. The van der Waals surface area contributed by atoms with Crippen molar-refractivity contribution in [3.05, 3.63) is 38.6 Å². The largest absolute Gasteiger partial charge is 0.378 e. The minimum Gasteiger partial charge on any atom is -0.378 e. The third-order valence-electron chi connectivity index (χ3n) is 7.15. The molecule has 2 aliphatic heterocycles. The minimum absolute atomic E-state index is 0.0560. The molecule has 0 bridgehead atoms. The zero-order valence-corrected chi connectivity index (χ0v) is 17.4. The first kappa shape index (κ1) is 18.8. The van der Waals surface area contributed by atoms with Crippen molar-refractivity contribution in [1.82, 2.24) is 25.1 Å². The maximum atomic E-state index is 12.8. The number of nitrogens with one attached hydrogen (secondary N) is 2. The van der Waals surface area contributed by atoms with E-state index in [-0.39, 0.29) is 11.0 Å². The number of aromatic amines is 2. The van der Waals surface area contributed by atoms with Crippen molar-refractivity contribution in [2.75, 3.05) is 44.3 Å². The van der Waals surface area contributed by atoms with Crippen molar-refractivity contribution in [2.24, 2.45) is 0 Å². The van der Waals surface area contributed by atoms with Gasteiger partial charge in [0.1, 0.15) is 0 Å². The fourth-order valence-corrected chi connectivity index (χ4v) is 5.22. The van der Waals surface area contributed by atoms with Gasteiger partial charge in [-0.15, -0.1) is 0 Å². The molecule has 1 spiro atoms. The highest BCUT2D eigenvalue weighted by molar-refractivity contribution is 5.40. The Kier molecular flexibility index (Phi) is 4.70. The predicted octanol–water partition coefficient (Wildman–Crippen LogP) is 1.43. The summed E-state index contributed by atoms with van der Waals surface area (Å²) in [5, 5.41) is 7.43. The summed E-state index contributed by atoms with van der Waals surface area (Å²) in [6.07, 6.45) is 4.02. The van der Waals surface area contributed by atoms with Gasteiger partial charge in [-0.1, -0.05) is 0 Å². The van der Waals surface area contributed by atoms with Crippen molar-refractivity contribution >= 4 is 5.95 Å². The smallest absolute Gasteiger partial charge is 0.255 e. The summed E-state index contributed by atoms with van der Waals surface area (Å²) in [6.45, 7) is 10.1. The van der Waals surface area contributed by atoms with Crippen LogP contribution in [0.3, 0.4) is 0 Å². The van der Waals surface area contributed by atoms with Crippen LogP contribution in [0.25, 0.3) is 0 Å². The van der Waals surface area contributed by atoms with Crippen molar-refractivity contribution < 1.29 is 4.74 Å². The number of aryl methyl sites for hydroxylation is 2. The summed E-state index contributed by atoms with van der Waals surface area (Å²) >= 11 is 0. The van der Waals surface area contributed by atoms with Crippen LogP contribution >= 0.6 is 0 Å². The fraction of sp³-hybridized carbons (Fsp3) is 0.667. The van der Waals surface area contributed by atoms with Crippen LogP contribution in [0.1, 0.15) is 47.5 Å². The monoisotopic (exact) mass is 398 g/mol. The van der Waals surface area contributed by atoms with Crippen LogP contribution in [0.4, 0.5) is 5.95 Å². The molecule has 0 saturated carbocycles. The SMILES string of the molecule is Cc1n[nH]c(C)c1CN1CCC2(CCc3c2nc(N2CCOCC2)[nH]c3=O)CC1. The van der Waals surface area contributed by atoms with Gasteiger partial charge in [-0.3, -0.25) is 19.8 Å². The van der Waals surface area contributed by atoms with E-state index in [4.69, 9.17) is 9.72 Å². The second-order valence-electron chi connectivity index (χ2n) is 8.79. The lowest BCUT2D eigenvalue weighted by atomic mass is 9.76. The molecule has 0 aromatic carbocycles. The van der Waals surface area contributed by atoms with Crippen LogP contribution in [-0.4, -0.2) is 64.5 Å². The second kappa shape index (κ2) is 7.25. The Morgan fingerprint density at radius 2 is 1.86 bits per heavy atom. The summed E-state index contributed by atoms with van der Waals surface area (Å²) in [7, 11) is 0. The lowest BCUT2D eigenvalue weighted by Crippen LogP contribution is -2.43. The Bertz CT molecular complexity index is 931. The highest BCUT2D eigenvalue weighted by Crippen LogP contribution is 2.44. The van der Waals surface area contributed by atoms with Gasteiger partial charge in [-0.2, -0.15) is 5.10 Å². The van der Waals surface area contributed by atoms with Gasteiger partial charge in [-0.05, 0) is 52.6 Å². The van der Waals surface area contributed by atoms with Crippen LogP contribution in [0.5, 0.6) is 0 Å². The Labute approximate surface area is 170 Å². The molecule has 29 heavy (non-hydrogen) atoms. The normalized spacial score (nSPS) is 21.7. The lowest BCUT2D eigenvalue weighted by molar-refractivity contribution is 0.122. The molecular weight excluding hydrogens is 368 g/mol. The maximum absolute atomic E-state index is 12.8. The minimum atomic E-state index is 0.0560. The van der Waals surface area contributed by atoms with Crippen LogP contribution in [0.15, 0.2) is 4.79 Å². The number of likely N-dealkylation sites (tertiary alicyclic amines) is 1. The summed E-state index contributed by atoms with van der Waals surface area (Å²) < 4.78 is 5.45. The maximum Gasteiger partial charge on any atom is 0.255 e. The van der Waals surface area contributed by atoms with Crippen LogP contribution in [0.2, 0.25) is 0 Å². The van der Waals surface area contributed by atoms with Gasteiger partial charge in [0, 0.05) is 41.9 Å². The molecule has 2 saturated heterocycles. The van der Waals surface area contributed by atoms with Gasteiger partial charge in [0.05, 0.1) is 24.6 Å². The average molecular weight is 399 g/mol. The Hall–Kier alpha value is -2.19. The topological polar surface area (TPSA) is 90.1 Å². The van der Waals surface area contributed by atoms with Gasteiger partial charge in [0.25, 0.3) is 5.56 Å². The summed E-state index contributed by atoms with van der Waals surface area (Å²) in [5.74, 6) is 0.727. The van der Waals surface area contributed by atoms with Crippen LogP contribution in [-0.2, 0) is 23.1 Å². The molecule has 2 fully saturated rings. The molecule has 2 N–H and O–H groups in total. The number of H-pyrrole nitrogens is 2. The first-order valence-electron chi connectivity index (χ1n) is 10.7. The van der Waals surface area contributed by atoms with Gasteiger partial charge in [-0.25, -0.2) is 4.98 Å². The van der Waals surface area contributed by atoms with Crippen LogP contribution in [0, 0.1) is 13.8 Å². The third kappa shape index (κ3) is 3.28. The molecular formula is C21H30N6O2. The van der Waals surface area contributed by atoms with Gasteiger partial charge in [0.15, 0.2) is 0 Å². The fourth-order valence-electron chi connectivity index (χ4n) is 5.22. The zero-order chi connectivity index (χ0) is 20.0. The summed E-state index contributed by atoms with van der Waals surface area (Å²) in [4.78, 5) is 25.5. The molecule has 0 amide bonds. The molecule has 156 valence electrons. The van der Waals surface area contributed by atoms with E-state index < -0.39 is 0 Å². The highest BCUT2D eigenvalue weighted by atomic mass is 16.5. The number of nitrogens with zero attached hydrogens (tertiary/aromatic N) is 4. The highest BCUT2D eigenvalue weighted by Gasteiger charge is 2.44. The lowest BCUT2D eigenvalue weighted by Gasteiger charge is -2.39. The molecule has 2 aromatic heterocycles. The average Bonchev–Trinajstić information content (AvgIpc) is 3.26. The summed E-state index contributed by atoms with van der Waals surface area (Å²) in [5.41, 5.74) is 5.67. The summed E-state index contributed by atoms with van der Waals surface area (Å²) in [6, 6.07) is 0. The molecule has 1 aliphatic carbocycles. The number of aromatic nitrogens is 4. The number of piperidine rings is 1. The molecule has 0 radical (unpaired) electrons. The van der Waals surface area contributed by atoms with Crippen molar-refractivity contribution in [3.8, 4) is 0 Å². The number of ether oxygens (including phenoxy) is 1. The van der Waals surface area contributed by atoms with Gasteiger partial charge in [0.2, 0.25) is 5.95 Å². The Morgan fingerprint density at radius 3 is 2.55 bits per heavy atom. The number of rotatable bonds is 3. The molecule has 8 heteroatoms. The van der Waals surface area contributed by atoms with E-state index in [0.717, 1.165) is 87.0 Å².